The van der Waals surface area contributed by atoms with E-state index in [1.54, 1.807) is 12.1 Å². The van der Waals surface area contributed by atoms with Crippen LogP contribution in [0.5, 0.6) is 0 Å². The molecule has 0 unspecified atom stereocenters. The molecule has 1 fully saturated rings. The summed E-state index contributed by atoms with van der Waals surface area (Å²) in [7, 11) is -3.72. The monoisotopic (exact) mass is 484 g/mol. The van der Waals surface area contributed by atoms with Crippen molar-refractivity contribution in [2.24, 2.45) is 0 Å². The summed E-state index contributed by atoms with van der Waals surface area (Å²) in [6.45, 7) is 0.209. The number of thioether (sulfide) groups is 1. The lowest BCUT2D eigenvalue weighted by Crippen LogP contribution is -2.35. The van der Waals surface area contributed by atoms with E-state index in [1.807, 2.05) is 0 Å². The second kappa shape index (κ2) is 10.9. The first-order valence-electron chi connectivity index (χ1n) is 9.88. The first-order valence-corrected chi connectivity index (χ1v) is 12.2. The zero-order valence-corrected chi connectivity index (χ0v) is 18.6. The van der Waals surface area contributed by atoms with E-state index in [1.165, 1.54) is 40.7 Å². The minimum absolute atomic E-state index is 0.00968. The van der Waals surface area contributed by atoms with Gasteiger partial charge in [0, 0.05) is 18.0 Å². The first-order chi connectivity index (χ1) is 15.3. The lowest BCUT2D eigenvalue weighted by molar-refractivity contribution is -0.119. The number of esters is 1. The Balaban J connectivity index is 1.62. The summed E-state index contributed by atoms with van der Waals surface area (Å²) in [4.78, 5) is 24.6. The number of sulfonamides is 1. The number of hydrogen-bond donors (Lipinski definition) is 1. The van der Waals surface area contributed by atoms with Crippen LogP contribution in [0.2, 0.25) is 0 Å². The molecule has 0 aromatic heterocycles. The smallest absolute Gasteiger partial charge is 0.338 e. The number of halogens is 2. The van der Waals surface area contributed by atoms with Gasteiger partial charge in [0.05, 0.1) is 16.1 Å². The van der Waals surface area contributed by atoms with Gasteiger partial charge in [0.25, 0.3) is 11.7 Å². The van der Waals surface area contributed by atoms with Crippen LogP contribution in [0.25, 0.3) is 0 Å². The highest BCUT2D eigenvalue weighted by atomic mass is 32.2. The number of rotatable bonds is 8. The van der Waals surface area contributed by atoms with Gasteiger partial charge in [-0.15, -0.1) is 0 Å². The zero-order chi connectivity index (χ0) is 23.1. The van der Waals surface area contributed by atoms with Gasteiger partial charge in [0.15, 0.2) is 6.61 Å². The Hall–Kier alpha value is -2.50. The molecule has 0 saturated carbocycles. The molecule has 1 amide bonds. The minimum Gasteiger partial charge on any atom is -0.452 e. The Kier molecular flexibility index (Phi) is 8.21. The second-order valence-electron chi connectivity index (χ2n) is 6.99. The normalized spacial score (nSPS) is 14.8. The summed E-state index contributed by atoms with van der Waals surface area (Å²) >= 11 is 0.287. The number of alkyl halides is 2. The number of nitrogens with zero attached hydrogens (tertiary/aromatic N) is 1. The number of carbonyl (C=O) groups excluding carboxylic acids is 2. The largest absolute Gasteiger partial charge is 0.452 e. The van der Waals surface area contributed by atoms with E-state index in [9.17, 15) is 26.8 Å². The van der Waals surface area contributed by atoms with E-state index in [0.717, 1.165) is 19.3 Å². The van der Waals surface area contributed by atoms with Gasteiger partial charge in [0.1, 0.15) is 0 Å². The van der Waals surface area contributed by atoms with E-state index in [4.69, 9.17) is 4.74 Å². The highest BCUT2D eigenvalue weighted by Gasteiger charge is 2.26. The van der Waals surface area contributed by atoms with Crippen LogP contribution in [0, 0.1) is 0 Å². The van der Waals surface area contributed by atoms with Gasteiger partial charge in [-0.3, -0.25) is 4.79 Å². The molecule has 0 aliphatic carbocycles. The Bertz CT molecular complexity index is 1070. The Labute approximate surface area is 189 Å². The molecule has 172 valence electrons. The topological polar surface area (TPSA) is 92.8 Å². The zero-order valence-electron chi connectivity index (χ0n) is 17.0. The van der Waals surface area contributed by atoms with E-state index < -0.39 is 34.3 Å². The van der Waals surface area contributed by atoms with Crippen LogP contribution in [0.4, 0.5) is 14.5 Å². The molecular weight excluding hydrogens is 462 g/mol. The van der Waals surface area contributed by atoms with Crippen molar-refractivity contribution in [1.29, 1.82) is 0 Å². The van der Waals surface area contributed by atoms with Crippen molar-refractivity contribution in [2.75, 3.05) is 25.0 Å². The number of piperidine rings is 1. The average molecular weight is 485 g/mol. The predicted octanol–water partition coefficient (Wildman–Crippen LogP) is 3.97. The van der Waals surface area contributed by atoms with Crippen molar-refractivity contribution in [3.8, 4) is 0 Å². The molecule has 0 atom stereocenters. The molecule has 2 aromatic rings. The van der Waals surface area contributed by atoms with Crippen molar-refractivity contribution in [1.82, 2.24) is 4.31 Å². The third kappa shape index (κ3) is 6.27. The summed E-state index contributed by atoms with van der Waals surface area (Å²) in [5.74, 6) is -4.23. The summed E-state index contributed by atoms with van der Waals surface area (Å²) in [5.41, 5.74) is 0.165. The van der Waals surface area contributed by atoms with Crippen molar-refractivity contribution in [3.63, 3.8) is 0 Å². The van der Waals surface area contributed by atoms with E-state index in [0.29, 0.717) is 13.1 Å². The maximum absolute atomic E-state index is 12.8. The van der Waals surface area contributed by atoms with E-state index in [-0.39, 0.29) is 32.8 Å². The van der Waals surface area contributed by atoms with Crippen LogP contribution in [0.1, 0.15) is 29.6 Å². The first kappa shape index (κ1) is 24.1. The summed E-state index contributed by atoms with van der Waals surface area (Å²) in [6, 6.07) is 11.5. The Morgan fingerprint density at radius 1 is 1.06 bits per heavy atom. The van der Waals surface area contributed by atoms with Crippen LogP contribution in [0.15, 0.2) is 58.3 Å². The third-order valence-electron chi connectivity index (χ3n) is 4.73. The van der Waals surface area contributed by atoms with Gasteiger partial charge in [-0.2, -0.15) is 13.1 Å². The molecular formula is C21H22F2N2O5S2. The Morgan fingerprint density at radius 3 is 2.50 bits per heavy atom. The van der Waals surface area contributed by atoms with Crippen LogP contribution in [-0.2, 0) is 19.6 Å². The molecule has 2 aromatic carbocycles. The van der Waals surface area contributed by atoms with Crippen molar-refractivity contribution < 1.29 is 31.5 Å². The summed E-state index contributed by atoms with van der Waals surface area (Å²) < 4.78 is 57.3. The molecule has 0 radical (unpaired) electrons. The molecule has 1 aliphatic heterocycles. The van der Waals surface area contributed by atoms with Gasteiger partial charge >= 0.3 is 5.97 Å². The van der Waals surface area contributed by atoms with Crippen LogP contribution in [-0.4, -0.2) is 50.1 Å². The van der Waals surface area contributed by atoms with Gasteiger partial charge in [-0.05, 0) is 43.2 Å². The molecule has 1 saturated heterocycles. The number of hydrogen-bond acceptors (Lipinski definition) is 6. The van der Waals surface area contributed by atoms with Crippen molar-refractivity contribution >= 4 is 39.3 Å². The highest BCUT2D eigenvalue weighted by molar-refractivity contribution is 7.99. The average Bonchev–Trinajstić information content (AvgIpc) is 2.79. The number of anilines is 1. The standard InChI is InChI=1S/C21H22F2N2O5S2/c22-21(23)31-18-10-3-2-9-17(18)24-19(26)14-30-20(27)15-7-6-8-16(13-15)32(28,29)25-11-4-1-5-12-25/h2-3,6-10,13,21H,1,4-5,11-12,14H2,(H,24,26). The quantitative estimate of drug-likeness (QED) is 0.450. The molecule has 0 spiro atoms. The molecule has 7 nitrogen and oxygen atoms in total. The lowest BCUT2D eigenvalue weighted by Gasteiger charge is -2.25. The second-order valence-corrected chi connectivity index (χ2v) is 9.96. The molecule has 1 N–H and O–H groups in total. The molecule has 1 heterocycles. The molecule has 1 aliphatic rings. The predicted molar refractivity (Wildman–Crippen MR) is 116 cm³/mol. The van der Waals surface area contributed by atoms with E-state index >= 15 is 0 Å². The number of nitrogens with one attached hydrogen (secondary N) is 1. The molecule has 11 heteroatoms. The van der Waals surface area contributed by atoms with Gasteiger partial charge < -0.3 is 10.1 Å². The summed E-state index contributed by atoms with van der Waals surface area (Å²) in [6.07, 6.45) is 2.55. The maximum atomic E-state index is 12.8. The number of benzene rings is 2. The Morgan fingerprint density at radius 2 is 1.78 bits per heavy atom. The van der Waals surface area contributed by atoms with Crippen molar-refractivity contribution in [2.45, 2.75) is 34.8 Å². The highest BCUT2D eigenvalue weighted by Crippen LogP contribution is 2.31. The number of carbonyl (C=O) groups is 2. The number of para-hydroxylation sites is 1. The molecule has 3 rings (SSSR count). The maximum Gasteiger partial charge on any atom is 0.338 e. The third-order valence-corrected chi connectivity index (χ3v) is 7.42. The van der Waals surface area contributed by atoms with Crippen LogP contribution < -0.4 is 5.32 Å². The van der Waals surface area contributed by atoms with Gasteiger partial charge in [0.2, 0.25) is 10.0 Å². The summed E-state index contributed by atoms with van der Waals surface area (Å²) in [5, 5.41) is 2.43. The van der Waals surface area contributed by atoms with Crippen molar-refractivity contribution in [3.05, 3.63) is 54.1 Å². The molecule has 32 heavy (non-hydrogen) atoms. The number of ether oxygens (including phenoxy) is 1. The van der Waals surface area contributed by atoms with Crippen LogP contribution >= 0.6 is 11.8 Å². The SMILES string of the molecule is O=C(COC(=O)c1cccc(S(=O)(=O)N2CCCCC2)c1)Nc1ccccc1SC(F)F. The fourth-order valence-corrected chi connectivity index (χ4v) is 5.37. The van der Waals surface area contributed by atoms with Gasteiger partial charge in [-0.1, -0.05) is 36.4 Å². The fourth-order valence-electron chi connectivity index (χ4n) is 3.21. The van der Waals surface area contributed by atoms with Crippen LogP contribution in [0.3, 0.4) is 0 Å². The minimum atomic E-state index is -3.72. The van der Waals surface area contributed by atoms with E-state index in [2.05, 4.69) is 5.32 Å². The van der Waals surface area contributed by atoms with Gasteiger partial charge in [-0.25, -0.2) is 13.2 Å². The number of amides is 1. The fraction of sp³-hybridized carbons (Fsp3) is 0.333. The lowest BCUT2D eigenvalue weighted by atomic mass is 10.2. The molecule has 0 bridgehead atoms.